The molecule has 2 aromatic rings. The molecule has 0 aliphatic carbocycles. The smallest absolute Gasteiger partial charge is 0.226 e. The molecular formula is C20H24N2O2S. The van der Waals surface area contributed by atoms with Gasteiger partial charge < -0.3 is 15.4 Å². The minimum atomic E-state index is -0.110. The second-order valence-corrected chi connectivity index (χ2v) is 6.14. The maximum absolute atomic E-state index is 12.0. The first-order chi connectivity index (χ1) is 12.1. The van der Waals surface area contributed by atoms with E-state index in [0.717, 1.165) is 23.4 Å². The van der Waals surface area contributed by atoms with Crippen molar-refractivity contribution in [1.82, 2.24) is 5.32 Å². The molecule has 2 rings (SSSR count). The average molecular weight is 356 g/mol. The summed E-state index contributed by atoms with van der Waals surface area (Å²) in [6, 6.07) is 15.7. The molecule has 0 bridgehead atoms. The highest BCUT2D eigenvalue weighted by atomic mass is 32.1. The van der Waals surface area contributed by atoms with Gasteiger partial charge in [0.2, 0.25) is 5.91 Å². The van der Waals surface area contributed by atoms with Crippen LogP contribution in [0.25, 0.3) is 0 Å². The molecule has 25 heavy (non-hydrogen) atoms. The maximum Gasteiger partial charge on any atom is 0.226 e. The lowest BCUT2D eigenvalue weighted by Crippen LogP contribution is -2.34. The van der Waals surface area contributed by atoms with Crippen molar-refractivity contribution in [3.05, 3.63) is 59.7 Å². The predicted molar refractivity (Wildman–Crippen MR) is 106 cm³/mol. The highest BCUT2D eigenvalue weighted by molar-refractivity contribution is 7.80. The van der Waals surface area contributed by atoms with Crippen molar-refractivity contribution in [1.29, 1.82) is 0 Å². The fraction of sp³-hybridized carbons (Fsp3) is 0.300. The molecule has 2 N–H and O–H groups in total. The monoisotopic (exact) mass is 356 g/mol. The highest BCUT2D eigenvalue weighted by Gasteiger charge is 2.09. The van der Waals surface area contributed by atoms with Crippen molar-refractivity contribution < 1.29 is 9.53 Å². The van der Waals surface area contributed by atoms with Crippen molar-refractivity contribution in [2.24, 2.45) is 0 Å². The average Bonchev–Trinajstić information content (AvgIpc) is 2.61. The van der Waals surface area contributed by atoms with Gasteiger partial charge in [0.1, 0.15) is 5.75 Å². The molecule has 0 spiro atoms. The second kappa shape index (κ2) is 9.79. The van der Waals surface area contributed by atoms with Crippen LogP contribution in [0.1, 0.15) is 30.9 Å². The quantitative estimate of drug-likeness (QED) is 0.576. The molecule has 0 fully saturated rings. The third-order valence-corrected chi connectivity index (χ3v) is 4.00. The van der Waals surface area contributed by atoms with E-state index in [2.05, 4.69) is 23.6 Å². The molecule has 0 aliphatic rings. The van der Waals surface area contributed by atoms with Gasteiger partial charge in [0.05, 0.1) is 6.61 Å². The topological polar surface area (TPSA) is 50.4 Å². The predicted octanol–water partition coefficient (Wildman–Crippen LogP) is 4.23. The van der Waals surface area contributed by atoms with E-state index in [1.54, 1.807) is 0 Å². The number of nitrogens with one attached hydrogen (secondary N) is 2. The molecule has 0 aliphatic heterocycles. The summed E-state index contributed by atoms with van der Waals surface area (Å²) in [5.41, 5.74) is 3.25. The van der Waals surface area contributed by atoms with Crippen LogP contribution >= 0.6 is 12.2 Å². The lowest BCUT2D eigenvalue weighted by atomic mass is 10.1. The second-order valence-electron chi connectivity index (χ2n) is 5.73. The Labute approximate surface area is 154 Å². The Morgan fingerprint density at radius 1 is 1.12 bits per heavy atom. The van der Waals surface area contributed by atoms with Gasteiger partial charge in [0, 0.05) is 12.1 Å². The number of amides is 1. The number of ether oxygens (including phenoxy) is 1. The zero-order valence-electron chi connectivity index (χ0n) is 14.7. The minimum Gasteiger partial charge on any atom is -0.494 e. The Hall–Kier alpha value is -2.40. The van der Waals surface area contributed by atoms with E-state index in [-0.39, 0.29) is 5.91 Å². The van der Waals surface area contributed by atoms with Crippen LogP contribution in [0.15, 0.2) is 48.5 Å². The van der Waals surface area contributed by atoms with Gasteiger partial charge in [-0.2, -0.15) is 0 Å². The van der Waals surface area contributed by atoms with Gasteiger partial charge in [-0.15, -0.1) is 0 Å². The van der Waals surface area contributed by atoms with Crippen molar-refractivity contribution in [3.63, 3.8) is 0 Å². The number of carbonyl (C=O) groups excluding carboxylic acids is 1. The van der Waals surface area contributed by atoms with Crippen LogP contribution < -0.4 is 15.4 Å². The minimum absolute atomic E-state index is 0.110. The fourth-order valence-corrected chi connectivity index (χ4v) is 2.69. The molecule has 0 saturated carbocycles. The van der Waals surface area contributed by atoms with Crippen molar-refractivity contribution in [2.45, 2.75) is 33.1 Å². The van der Waals surface area contributed by atoms with Gasteiger partial charge in [0.15, 0.2) is 5.11 Å². The van der Waals surface area contributed by atoms with Crippen LogP contribution in [0.2, 0.25) is 0 Å². The summed E-state index contributed by atoms with van der Waals surface area (Å²) in [5, 5.41) is 6.21. The number of rotatable bonds is 7. The Morgan fingerprint density at radius 3 is 2.60 bits per heavy atom. The van der Waals surface area contributed by atoms with E-state index in [0.29, 0.717) is 24.6 Å². The standard InChI is InChI=1S/C20H24N2O2S/c1-3-16-10-7-9-15(2)19(16)22-20(25)21-18(23)13-8-14-24-17-11-5-4-6-12-17/h4-7,9-12H,3,8,13-14H2,1-2H3,(H2,21,22,23,25). The third-order valence-electron chi connectivity index (χ3n) is 3.79. The summed E-state index contributed by atoms with van der Waals surface area (Å²) in [5.74, 6) is 0.701. The molecule has 0 radical (unpaired) electrons. The van der Waals surface area contributed by atoms with Crippen LogP contribution in [0, 0.1) is 6.92 Å². The van der Waals surface area contributed by atoms with Crippen LogP contribution in [0.5, 0.6) is 5.75 Å². The summed E-state index contributed by atoms with van der Waals surface area (Å²) < 4.78 is 5.57. The normalized spacial score (nSPS) is 10.2. The molecule has 132 valence electrons. The molecule has 0 aromatic heterocycles. The summed E-state index contributed by atoms with van der Waals surface area (Å²) in [7, 11) is 0. The molecule has 0 unspecified atom stereocenters. The summed E-state index contributed by atoms with van der Waals surface area (Å²) in [4.78, 5) is 12.0. The lowest BCUT2D eigenvalue weighted by Gasteiger charge is -2.15. The van der Waals surface area contributed by atoms with Crippen LogP contribution in [-0.4, -0.2) is 17.6 Å². The van der Waals surface area contributed by atoms with Gasteiger partial charge in [-0.25, -0.2) is 0 Å². The first-order valence-electron chi connectivity index (χ1n) is 8.47. The first-order valence-corrected chi connectivity index (χ1v) is 8.88. The van der Waals surface area contributed by atoms with E-state index in [9.17, 15) is 4.79 Å². The van der Waals surface area contributed by atoms with E-state index >= 15 is 0 Å². The number of hydrogen-bond donors (Lipinski definition) is 2. The van der Waals surface area contributed by atoms with Crippen molar-refractivity contribution in [2.75, 3.05) is 11.9 Å². The summed E-state index contributed by atoms with van der Waals surface area (Å²) >= 11 is 5.26. The number of para-hydroxylation sites is 2. The third kappa shape index (κ3) is 6.19. The van der Waals surface area contributed by atoms with Gasteiger partial charge in [-0.05, 0) is 55.2 Å². The Bertz CT molecular complexity index is 717. The van der Waals surface area contributed by atoms with Crippen LogP contribution in [0.3, 0.4) is 0 Å². The molecule has 1 amide bonds. The number of benzene rings is 2. The van der Waals surface area contributed by atoms with Gasteiger partial charge >= 0.3 is 0 Å². The highest BCUT2D eigenvalue weighted by Crippen LogP contribution is 2.20. The number of hydrogen-bond acceptors (Lipinski definition) is 3. The Kier molecular flexibility index (Phi) is 7.41. The number of anilines is 1. The zero-order chi connectivity index (χ0) is 18.1. The lowest BCUT2D eigenvalue weighted by molar-refractivity contribution is -0.119. The Morgan fingerprint density at radius 2 is 1.88 bits per heavy atom. The van der Waals surface area contributed by atoms with E-state index < -0.39 is 0 Å². The molecule has 2 aromatic carbocycles. The molecular weight excluding hydrogens is 332 g/mol. The number of carbonyl (C=O) groups is 1. The van der Waals surface area contributed by atoms with Crippen LogP contribution in [0.4, 0.5) is 5.69 Å². The van der Waals surface area contributed by atoms with E-state index in [1.807, 2.05) is 49.4 Å². The number of thiocarbonyl (C=S) groups is 1. The molecule has 0 heterocycles. The molecule has 0 saturated heterocycles. The molecule has 0 atom stereocenters. The van der Waals surface area contributed by atoms with Gasteiger partial charge in [-0.3, -0.25) is 4.79 Å². The molecule has 5 heteroatoms. The van der Waals surface area contributed by atoms with Gasteiger partial charge in [0.25, 0.3) is 0 Å². The zero-order valence-corrected chi connectivity index (χ0v) is 15.5. The summed E-state index contributed by atoms with van der Waals surface area (Å²) in [6.45, 7) is 4.61. The SMILES string of the molecule is CCc1cccc(C)c1NC(=S)NC(=O)CCCOc1ccccc1. The largest absolute Gasteiger partial charge is 0.494 e. The van der Waals surface area contributed by atoms with E-state index in [4.69, 9.17) is 17.0 Å². The fourth-order valence-electron chi connectivity index (χ4n) is 2.48. The first kappa shape index (κ1) is 18.9. The summed E-state index contributed by atoms with van der Waals surface area (Å²) in [6.07, 6.45) is 1.90. The van der Waals surface area contributed by atoms with Crippen molar-refractivity contribution >= 4 is 28.9 Å². The van der Waals surface area contributed by atoms with Crippen LogP contribution in [-0.2, 0) is 11.2 Å². The Balaban J connectivity index is 1.74. The van der Waals surface area contributed by atoms with E-state index in [1.165, 1.54) is 5.56 Å². The molecule has 4 nitrogen and oxygen atoms in total. The van der Waals surface area contributed by atoms with Gasteiger partial charge in [-0.1, -0.05) is 43.3 Å². The van der Waals surface area contributed by atoms with Crippen molar-refractivity contribution in [3.8, 4) is 5.75 Å². The number of aryl methyl sites for hydroxylation is 2. The maximum atomic E-state index is 12.0.